The third-order valence-corrected chi connectivity index (χ3v) is 4.71. The molecule has 9 nitrogen and oxygen atoms in total. The summed E-state index contributed by atoms with van der Waals surface area (Å²) in [4.78, 5) is 43.6. The van der Waals surface area contributed by atoms with Crippen molar-refractivity contribution >= 4 is 29.6 Å². The molecule has 2 N–H and O–H groups in total. The number of nitrogens with zero attached hydrogens (tertiary/aromatic N) is 4. The lowest BCUT2D eigenvalue weighted by Gasteiger charge is -2.31. The molecule has 1 saturated heterocycles. The van der Waals surface area contributed by atoms with Crippen molar-refractivity contribution in [3.8, 4) is 0 Å². The largest absolute Gasteiger partial charge is 0.478 e. The van der Waals surface area contributed by atoms with Crippen LogP contribution in [0.2, 0.25) is 0 Å². The zero-order valence-corrected chi connectivity index (χ0v) is 15.5. The van der Waals surface area contributed by atoms with Crippen molar-refractivity contribution in [3.05, 3.63) is 23.9 Å². The van der Waals surface area contributed by atoms with E-state index in [0.717, 1.165) is 36.3 Å². The maximum atomic E-state index is 11.6. The Morgan fingerprint density at radius 1 is 1.22 bits per heavy atom. The number of aliphatic carboxylic acids is 2. The number of rotatable bonds is 4. The summed E-state index contributed by atoms with van der Waals surface area (Å²) in [7, 11) is 1.79. The topological polar surface area (TPSA) is 124 Å². The fourth-order valence-corrected chi connectivity index (χ4v) is 3.04. The summed E-state index contributed by atoms with van der Waals surface area (Å²) in [5.41, 5.74) is 0.944. The van der Waals surface area contributed by atoms with Crippen molar-refractivity contribution < 1.29 is 24.6 Å². The third-order valence-electron chi connectivity index (χ3n) is 4.71. The van der Waals surface area contributed by atoms with Gasteiger partial charge in [-0.15, -0.1) is 0 Å². The highest BCUT2D eigenvalue weighted by molar-refractivity contribution is 5.99. The lowest BCUT2D eigenvalue weighted by molar-refractivity contribution is -0.134. The van der Waals surface area contributed by atoms with Gasteiger partial charge in [0.05, 0.1) is 6.42 Å². The summed E-state index contributed by atoms with van der Waals surface area (Å²) in [5, 5.41) is 15.6. The number of hydrogen-bond donors (Lipinski definition) is 2. The first-order valence-corrected chi connectivity index (χ1v) is 8.83. The maximum absolute atomic E-state index is 11.6. The number of likely N-dealkylation sites (N-methyl/N-ethyl adjacent to an activating group) is 1. The molecule has 3 heterocycles. The number of carboxylic acids is 2. The number of aromatic nitrogens is 2. The minimum atomic E-state index is -1.26. The second kappa shape index (κ2) is 9.11. The van der Waals surface area contributed by atoms with E-state index in [0.29, 0.717) is 18.6 Å². The van der Waals surface area contributed by atoms with Gasteiger partial charge in [0.2, 0.25) is 11.9 Å². The van der Waals surface area contributed by atoms with Crippen LogP contribution < -0.4 is 9.80 Å². The number of carbonyl (C=O) groups excluding carboxylic acids is 1. The molecule has 1 amide bonds. The first-order valence-electron chi connectivity index (χ1n) is 8.83. The molecule has 0 saturated carbocycles. The Morgan fingerprint density at radius 3 is 2.33 bits per heavy atom. The van der Waals surface area contributed by atoms with Gasteiger partial charge in [-0.05, 0) is 18.8 Å². The van der Waals surface area contributed by atoms with E-state index in [2.05, 4.69) is 21.8 Å². The van der Waals surface area contributed by atoms with Crippen LogP contribution in [0.3, 0.4) is 0 Å². The number of anilines is 2. The van der Waals surface area contributed by atoms with Crippen LogP contribution in [0.15, 0.2) is 18.3 Å². The van der Waals surface area contributed by atoms with Crippen LogP contribution in [0.25, 0.3) is 0 Å². The van der Waals surface area contributed by atoms with E-state index in [9.17, 15) is 14.4 Å². The van der Waals surface area contributed by atoms with E-state index in [1.165, 1.54) is 19.3 Å². The maximum Gasteiger partial charge on any atom is 0.328 e. The van der Waals surface area contributed by atoms with Crippen molar-refractivity contribution in [3.63, 3.8) is 0 Å². The zero-order valence-electron chi connectivity index (χ0n) is 15.5. The Balaban J connectivity index is 0.000000279. The van der Waals surface area contributed by atoms with Crippen LogP contribution in [0, 0.1) is 5.92 Å². The number of hydrogen-bond acceptors (Lipinski definition) is 6. The Bertz CT molecular complexity index is 725. The van der Waals surface area contributed by atoms with Gasteiger partial charge in [-0.2, -0.15) is 4.98 Å². The quantitative estimate of drug-likeness (QED) is 0.754. The normalized spacial score (nSPS) is 16.9. The molecule has 1 aromatic rings. The van der Waals surface area contributed by atoms with Crippen LogP contribution in [0.5, 0.6) is 0 Å². The fraction of sp³-hybridized carbons (Fsp3) is 0.500. The number of carboxylic acid groups (broad SMARTS) is 2. The van der Waals surface area contributed by atoms with Crippen LogP contribution >= 0.6 is 0 Å². The van der Waals surface area contributed by atoms with E-state index in [1.54, 1.807) is 11.9 Å². The summed E-state index contributed by atoms with van der Waals surface area (Å²) >= 11 is 0. The first kappa shape index (κ1) is 20.3. The van der Waals surface area contributed by atoms with Gasteiger partial charge < -0.3 is 15.1 Å². The van der Waals surface area contributed by atoms with Gasteiger partial charge in [0.15, 0.2) is 0 Å². The highest BCUT2D eigenvalue weighted by Crippen LogP contribution is 2.28. The average molecular weight is 376 g/mol. The third kappa shape index (κ3) is 5.50. The SMILES string of the molecule is CCC1CCN(c2ncc3c(n2)N(C)C(=O)C3)CC1.O=C(O)/C=C\C(=O)O. The molecule has 2 aliphatic rings. The predicted octanol–water partition coefficient (Wildman–Crippen LogP) is 1.33. The van der Waals surface area contributed by atoms with Crippen molar-refractivity contribution in [2.24, 2.45) is 5.92 Å². The van der Waals surface area contributed by atoms with Crippen molar-refractivity contribution in [2.45, 2.75) is 32.6 Å². The minimum Gasteiger partial charge on any atom is -0.478 e. The summed E-state index contributed by atoms with van der Waals surface area (Å²) in [6.07, 6.45) is 7.05. The average Bonchev–Trinajstić information content (AvgIpc) is 2.94. The minimum absolute atomic E-state index is 0.103. The highest BCUT2D eigenvalue weighted by Gasteiger charge is 2.28. The second-order valence-electron chi connectivity index (χ2n) is 6.50. The molecular formula is C18H24N4O5. The van der Waals surface area contributed by atoms with Gasteiger partial charge in [0.1, 0.15) is 5.82 Å². The van der Waals surface area contributed by atoms with Gasteiger partial charge in [0.25, 0.3) is 0 Å². The molecule has 0 spiro atoms. The van der Waals surface area contributed by atoms with E-state index < -0.39 is 11.9 Å². The zero-order chi connectivity index (χ0) is 20.0. The molecule has 3 rings (SSSR count). The molecule has 0 aliphatic carbocycles. The summed E-state index contributed by atoms with van der Waals surface area (Å²) < 4.78 is 0. The molecule has 0 aromatic carbocycles. The number of fused-ring (bicyclic) bond motifs is 1. The molecule has 0 bridgehead atoms. The molecular weight excluding hydrogens is 352 g/mol. The Kier molecular flexibility index (Phi) is 6.86. The monoisotopic (exact) mass is 376 g/mol. The summed E-state index contributed by atoms with van der Waals surface area (Å²) in [6, 6.07) is 0. The molecule has 2 aliphatic heterocycles. The van der Waals surface area contributed by atoms with Gasteiger partial charge >= 0.3 is 11.9 Å². The van der Waals surface area contributed by atoms with E-state index in [-0.39, 0.29) is 5.91 Å². The van der Waals surface area contributed by atoms with Gasteiger partial charge in [-0.3, -0.25) is 9.69 Å². The van der Waals surface area contributed by atoms with Crippen molar-refractivity contribution in [1.82, 2.24) is 9.97 Å². The second-order valence-corrected chi connectivity index (χ2v) is 6.50. The molecule has 1 fully saturated rings. The molecule has 27 heavy (non-hydrogen) atoms. The van der Waals surface area contributed by atoms with Gasteiger partial charge in [-0.1, -0.05) is 13.3 Å². The van der Waals surface area contributed by atoms with Crippen molar-refractivity contribution in [1.29, 1.82) is 0 Å². The molecule has 0 radical (unpaired) electrons. The van der Waals surface area contributed by atoms with Crippen LogP contribution in [-0.4, -0.2) is 58.2 Å². The Labute approximate surface area is 157 Å². The fourth-order valence-electron chi connectivity index (χ4n) is 3.04. The number of piperidine rings is 1. The molecule has 0 unspecified atom stereocenters. The standard InChI is InChI=1S/C14H20N4O.C4H4O4/c1-3-10-4-6-18(7-5-10)14-15-9-11-8-12(19)17(2)13(11)16-14;5-3(6)1-2-4(7)8/h9-10H,3-8H2,1-2H3;1-2H,(H,5,6)(H,7,8)/b;2-1-. The summed E-state index contributed by atoms with van der Waals surface area (Å²) in [6.45, 7) is 4.30. The van der Waals surface area contributed by atoms with Gasteiger partial charge in [-0.25, -0.2) is 14.6 Å². The predicted molar refractivity (Wildman–Crippen MR) is 98.8 cm³/mol. The van der Waals surface area contributed by atoms with Gasteiger partial charge in [0, 0.05) is 44.0 Å². The Morgan fingerprint density at radius 2 is 1.81 bits per heavy atom. The lowest BCUT2D eigenvalue weighted by atomic mass is 9.95. The molecule has 146 valence electrons. The smallest absolute Gasteiger partial charge is 0.328 e. The Hall–Kier alpha value is -2.97. The van der Waals surface area contributed by atoms with Crippen molar-refractivity contribution in [2.75, 3.05) is 29.9 Å². The lowest BCUT2D eigenvalue weighted by Crippen LogP contribution is -2.35. The molecule has 1 aromatic heterocycles. The molecule has 0 atom stereocenters. The van der Waals surface area contributed by atoms with Crippen LogP contribution in [0.4, 0.5) is 11.8 Å². The first-order chi connectivity index (χ1) is 12.8. The van der Waals surface area contributed by atoms with E-state index >= 15 is 0 Å². The van der Waals surface area contributed by atoms with Crippen LogP contribution in [0.1, 0.15) is 31.7 Å². The van der Waals surface area contributed by atoms with Crippen LogP contribution in [-0.2, 0) is 20.8 Å². The highest BCUT2D eigenvalue weighted by atomic mass is 16.4. The number of carbonyl (C=O) groups is 3. The summed E-state index contributed by atoms with van der Waals surface area (Å²) in [5.74, 6) is -0.0108. The molecule has 9 heteroatoms. The van der Waals surface area contributed by atoms with E-state index in [1.807, 2.05) is 6.20 Å². The number of amides is 1. The van der Waals surface area contributed by atoms with E-state index in [4.69, 9.17) is 10.2 Å².